The number of hydrogen-bond acceptors (Lipinski definition) is 5. The predicted octanol–water partition coefficient (Wildman–Crippen LogP) is 2.54. The van der Waals surface area contributed by atoms with E-state index >= 15 is 0 Å². The second kappa shape index (κ2) is 6.80. The van der Waals surface area contributed by atoms with Crippen LogP contribution in [0.3, 0.4) is 0 Å². The van der Waals surface area contributed by atoms with E-state index < -0.39 is 0 Å². The Labute approximate surface area is 140 Å². The highest BCUT2D eigenvalue weighted by Crippen LogP contribution is 2.27. The normalized spacial score (nSPS) is 19.0. The minimum Gasteiger partial charge on any atom is -0.297 e. The number of amides is 1. The number of aromatic amines is 1. The van der Waals surface area contributed by atoms with Gasteiger partial charge in [0.15, 0.2) is 5.13 Å². The summed E-state index contributed by atoms with van der Waals surface area (Å²) < 4.78 is 0. The molecule has 0 aromatic carbocycles. The number of rotatable bonds is 4. The first-order valence-electron chi connectivity index (χ1n) is 7.96. The zero-order valence-corrected chi connectivity index (χ0v) is 14.7. The van der Waals surface area contributed by atoms with Crippen LogP contribution in [0.25, 0.3) is 0 Å². The van der Waals surface area contributed by atoms with Crippen molar-refractivity contribution in [1.29, 1.82) is 0 Å². The Morgan fingerprint density at radius 2 is 2.39 bits per heavy atom. The number of anilines is 1. The molecule has 23 heavy (non-hydrogen) atoms. The van der Waals surface area contributed by atoms with Crippen molar-refractivity contribution < 1.29 is 4.79 Å². The highest BCUT2D eigenvalue weighted by molar-refractivity contribution is 7.14. The van der Waals surface area contributed by atoms with E-state index in [0.29, 0.717) is 5.92 Å². The van der Waals surface area contributed by atoms with Gasteiger partial charge in [0.05, 0.1) is 11.4 Å². The topological polar surface area (TPSA) is 65.1 Å². The molecule has 0 radical (unpaired) electrons. The van der Waals surface area contributed by atoms with Gasteiger partial charge in [-0.05, 0) is 32.4 Å². The second-order valence-corrected chi connectivity index (χ2v) is 7.09. The quantitative estimate of drug-likeness (QED) is 0.934. The number of nitrogens with zero attached hydrogens (tertiary/aromatic N) is 4. The Morgan fingerprint density at radius 3 is 3.09 bits per heavy atom. The molecule has 3 heterocycles. The van der Waals surface area contributed by atoms with Crippen molar-refractivity contribution in [1.82, 2.24) is 20.1 Å². The summed E-state index contributed by atoms with van der Waals surface area (Å²) in [6.45, 7) is 6.54. The Morgan fingerprint density at radius 1 is 1.57 bits per heavy atom. The fourth-order valence-electron chi connectivity index (χ4n) is 2.98. The van der Waals surface area contributed by atoms with Crippen molar-refractivity contribution in [3.8, 4) is 0 Å². The van der Waals surface area contributed by atoms with Crippen molar-refractivity contribution >= 4 is 22.4 Å². The number of carbonyl (C=O) groups is 1. The van der Waals surface area contributed by atoms with Crippen LogP contribution in [0, 0.1) is 6.92 Å². The number of H-pyrrole nitrogens is 1. The van der Waals surface area contributed by atoms with Gasteiger partial charge in [-0.2, -0.15) is 5.10 Å². The van der Waals surface area contributed by atoms with Crippen molar-refractivity contribution in [3.63, 3.8) is 0 Å². The molecule has 2 aromatic heterocycles. The predicted molar refractivity (Wildman–Crippen MR) is 91.8 cm³/mol. The molecule has 0 aliphatic carbocycles. The van der Waals surface area contributed by atoms with Crippen LogP contribution in [0.4, 0.5) is 5.13 Å². The molecular formula is C16H23N5OS. The molecule has 0 spiro atoms. The van der Waals surface area contributed by atoms with Crippen molar-refractivity contribution in [2.75, 3.05) is 25.0 Å². The molecule has 1 fully saturated rings. The maximum absolute atomic E-state index is 11.4. The van der Waals surface area contributed by atoms with Crippen molar-refractivity contribution in [2.45, 2.75) is 39.2 Å². The van der Waals surface area contributed by atoms with Gasteiger partial charge in [0.25, 0.3) is 0 Å². The lowest BCUT2D eigenvalue weighted by molar-refractivity contribution is -0.116. The Kier molecular flexibility index (Phi) is 4.77. The van der Waals surface area contributed by atoms with E-state index in [1.54, 1.807) is 18.9 Å². The number of piperidine rings is 1. The van der Waals surface area contributed by atoms with E-state index in [1.807, 2.05) is 6.92 Å². The van der Waals surface area contributed by atoms with Crippen molar-refractivity contribution in [3.05, 3.63) is 28.5 Å². The van der Waals surface area contributed by atoms with E-state index in [1.165, 1.54) is 29.9 Å². The van der Waals surface area contributed by atoms with E-state index in [2.05, 4.69) is 31.5 Å². The van der Waals surface area contributed by atoms with Crippen LogP contribution in [0.5, 0.6) is 0 Å². The molecule has 1 atom stereocenters. The van der Waals surface area contributed by atoms with Gasteiger partial charge in [-0.1, -0.05) is 0 Å². The van der Waals surface area contributed by atoms with Crippen molar-refractivity contribution in [2.24, 2.45) is 0 Å². The van der Waals surface area contributed by atoms with Crippen LogP contribution in [0.2, 0.25) is 0 Å². The van der Waals surface area contributed by atoms with Gasteiger partial charge in [0, 0.05) is 44.1 Å². The van der Waals surface area contributed by atoms with Crippen LogP contribution in [-0.4, -0.2) is 46.1 Å². The number of thiazole rings is 1. The zero-order chi connectivity index (χ0) is 16.4. The fourth-order valence-corrected chi connectivity index (χ4v) is 3.80. The Balaban J connectivity index is 1.63. The zero-order valence-electron chi connectivity index (χ0n) is 13.9. The lowest BCUT2D eigenvalue weighted by atomic mass is 9.94. The molecular weight excluding hydrogens is 310 g/mol. The molecule has 7 heteroatoms. The highest BCUT2D eigenvalue weighted by Gasteiger charge is 2.24. The lowest BCUT2D eigenvalue weighted by Gasteiger charge is -2.31. The molecule has 6 nitrogen and oxygen atoms in total. The summed E-state index contributed by atoms with van der Waals surface area (Å²) >= 11 is 1.53. The standard InChI is InChI=1S/C16H23N5OS/c1-11-7-15(19-18-11)13-5-4-6-21(8-13)9-14-10-23-16(17-14)20(3)12(2)22/h7,10,13H,4-6,8-9H2,1-3H3,(H,18,19)/t13-/m0/s1. The van der Waals surface area contributed by atoms with Crippen LogP contribution < -0.4 is 4.90 Å². The summed E-state index contributed by atoms with van der Waals surface area (Å²) in [6.07, 6.45) is 2.37. The minimum absolute atomic E-state index is 0.0119. The average Bonchev–Trinajstić information content (AvgIpc) is 3.16. The number of carbonyl (C=O) groups excluding carboxylic acids is 1. The van der Waals surface area contributed by atoms with Gasteiger partial charge >= 0.3 is 0 Å². The summed E-state index contributed by atoms with van der Waals surface area (Å²) in [5, 5.41) is 10.3. The number of nitrogens with one attached hydrogen (secondary N) is 1. The highest BCUT2D eigenvalue weighted by atomic mass is 32.1. The fraction of sp³-hybridized carbons (Fsp3) is 0.562. The third kappa shape index (κ3) is 3.79. The van der Waals surface area contributed by atoms with Gasteiger partial charge in [-0.25, -0.2) is 4.98 Å². The van der Waals surface area contributed by atoms with Gasteiger partial charge < -0.3 is 0 Å². The Bertz CT molecular complexity index is 680. The second-order valence-electron chi connectivity index (χ2n) is 6.25. The molecule has 3 rings (SSSR count). The largest absolute Gasteiger partial charge is 0.297 e. The monoisotopic (exact) mass is 333 g/mol. The number of aromatic nitrogens is 3. The first kappa shape index (κ1) is 16.1. The third-order valence-electron chi connectivity index (χ3n) is 4.33. The third-order valence-corrected chi connectivity index (χ3v) is 5.30. The number of aryl methyl sites for hydroxylation is 1. The maximum Gasteiger partial charge on any atom is 0.225 e. The van der Waals surface area contributed by atoms with Crippen LogP contribution in [0.15, 0.2) is 11.4 Å². The molecule has 0 bridgehead atoms. The van der Waals surface area contributed by atoms with Gasteiger partial charge in [-0.15, -0.1) is 11.3 Å². The molecule has 2 aromatic rings. The molecule has 1 saturated heterocycles. The molecule has 124 valence electrons. The van der Waals surface area contributed by atoms with E-state index in [0.717, 1.165) is 36.2 Å². The van der Waals surface area contributed by atoms with Gasteiger partial charge in [0.2, 0.25) is 5.91 Å². The summed E-state index contributed by atoms with van der Waals surface area (Å²) in [5.74, 6) is 0.504. The Hall–Kier alpha value is -1.73. The molecule has 0 saturated carbocycles. The SMILES string of the molecule is CC(=O)N(C)c1nc(CN2CCC[C@H](c3cc(C)[nH]n3)C2)cs1. The number of hydrogen-bond donors (Lipinski definition) is 1. The summed E-state index contributed by atoms with van der Waals surface area (Å²) in [4.78, 5) is 20.0. The van der Waals surface area contributed by atoms with Crippen LogP contribution in [-0.2, 0) is 11.3 Å². The lowest BCUT2D eigenvalue weighted by Crippen LogP contribution is -2.34. The summed E-state index contributed by atoms with van der Waals surface area (Å²) in [6, 6.07) is 2.15. The molecule has 1 aliphatic rings. The van der Waals surface area contributed by atoms with Crippen LogP contribution in [0.1, 0.15) is 42.8 Å². The van der Waals surface area contributed by atoms with Gasteiger partial charge in [0.1, 0.15) is 0 Å². The van der Waals surface area contributed by atoms with E-state index in [9.17, 15) is 4.79 Å². The summed E-state index contributed by atoms with van der Waals surface area (Å²) in [5.41, 5.74) is 3.33. The smallest absolute Gasteiger partial charge is 0.225 e. The van der Waals surface area contributed by atoms with Gasteiger partial charge in [-0.3, -0.25) is 19.7 Å². The molecule has 1 amide bonds. The first-order chi connectivity index (χ1) is 11.0. The van der Waals surface area contributed by atoms with Crippen LogP contribution >= 0.6 is 11.3 Å². The summed E-state index contributed by atoms with van der Waals surface area (Å²) in [7, 11) is 1.77. The first-order valence-corrected chi connectivity index (χ1v) is 8.84. The van der Waals surface area contributed by atoms with E-state index in [-0.39, 0.29) is 5.91 Å². The maximum atomic E-state index is 11.4. The molecule has 1 N–H and O–H groups in total. The minimum atomic E-state index is 0.0119. The number of likely N-dealkylation sites (tertiary alicyclic amines) is 1. The average molecular weight is 333 g/mol. The van der Waals surface area contributed by atoms with E-state index in [4.69, 9.17) is 0 Å². The molecule has 1 aliphatic heterocycles. The molecule has 0 unspecified atom stereocenters.